The maximum atomic E-state index is 11.9. The van der Waals surface area contributed by atoms with E-state index in [1.54, 1.807) is 0 Å². The molecule has 0 aromatic carbocycles. The van der Waals surface area contributed by atoms with Crippen LogP contribution in [0.15, 0.2) is 0 Å². The summed E-state index contributed by atoms with van der Waals surface area (Å²) in [6.07, 6.45) is 2.90. The minimum Gasteiger partial charge on any atom is -0.453 e. The molecule has 5 heteroatoms. The first-order valence-corrected chi connectivity index (χ1v) is 6.92. The Labute approximate surface area is 114 Å². The van der Waals surface area contributed by atoms with Crippen LogP contribution in [-0.4, -0.2) is 31.7 Å². The Morgan fingerprint density at radius 1 is 1.32 bits per heavy atom. The standard InChI is InChI=1S/C14H24N2O3/c1-13(2)9-5-6-14(13,3)10(7-9)16-11(17)8-15-12(18)19-4/h9-10H,5-8H2,1-4H3,(H,15,18)(H,16,17)/t9-,10+,14-/m1/s1. The first-order valence-electron chi connectivity index (χ1n) is 6.92. The van der Waals surface area contributed by atoms with E-state index in [-0.39, 0.29) is 29.3 Å². The van der Waals surface area contributed by atoms with Gasteiger partial charge in [0.2, 0.25) is 5.91 Å². The summed E-state index contributed by atoms with van der Waals surface area (Å²) < 4.78 is 4.44. The summed E-state index contributed by atoms with van der Waals surface area (Å²) in [6, 6.07) is 0.216. The highest BCUT2D eigenvalue weighted by Gasteiger charge is 2.61. The van der Waals surface area contributed by atoms with Crippen LogP contribution in [0, 0.1) is 16.7 Å². The monoisotopic (exact) mass is 268 g/mol. The van der Waals surface area contributed by atoms with Gasteiger partial charge in [-0.25, -0.2) is 4.79 Å². The smallest absolute Gasteiger partial charge is 0.407 e. The first-order chi connectivity index (χ1) is 8.81. The van der Waals surface area contributed by atoms with Crippen LogP contribution >= 0.6 is 0 Å². The molecule has 2 aliphatic rings. The van der Waals surface area contributed by atoms with Gasteiger partial charge in [-0.15, -0.1) is 0 Å². The van der Waals surface area contributed by atoms with Crippen molar-refractivity contribution in [2.45, 2.75) is 46.1 Å². The van der Waals surface area contributed by atoms with Crippen molar-refractivity contribution in [3.8, 4) is 0 Å². The van der Waals surface area contributed by atoms with E-state index in [4.69, 9.17) is 0 Å². The van der Waals surface area contributed by atoms with E-state index < -0.39 is 6.09 Å². The Bertz CT molecular complexity index is 394. The van der Waals surface area contributed by atoms with Gasteiger partial charge in [-0.2, -0.15) is 0 Å². The van der Waals surface area contributed by atoms with Crippen molar-refractivity contribution in [2.75, 3.05) is 13.7 Å². The van der Waals surface area contributed by atoms with Crippen molar-refractivity contribution in [3.63, 3.8) is 0 Å². The molecule has 2 fully saturated rings. The lowest BCUT2D eigenvalue weighted by Crippen LogP contribution is -2.49. The zero-order chi connectivity index (χ0) is 14.3. The van der Waals surface area contributed by atoms with Gasteiger partial charge in [-0.05, 0) is 36.0 Å². The molecular weight excluding hydrogens is 244 g/mol. The molecule has 19 heavy (non-hydrogen) atoms. The molecule has 2 rings (SSSR count). The predicted molar refractivity (Wildman–Crippen MR) is 71.6 cm³/mol. The highest BCUT2D eigenvalue weighted by molar-refractivity contribution is 5.82. The van der Waals surface area contributed by atoms with Crippen molar-refractivity contribution >= 4 is 12.0 Å². The Hall–Kier alpha value is -1.26. The molecule has 0 spiro atoms. The van der Waals surface area contributed by atoms with Crippen molar-refractivity contribution < 1.29 is 14.3 Å². The number of hydrogen-bond acceptors (Lipinski definition) is 3. The second-order valence-corrected chi connectivity index (χ2v) is 6.58. The van der Waals surface area contributed by atoms with E-state index in [0.717, 1.165) is 6.42 Å². The van der Waals surface area contributed by atoms with Gasteiger partial charge in [0.15, 0.2) is 0 Å². The van der Waals surface area contributed by atoms with Crippen molar-refractivity contribution in [2.24, 2.45) is 16.7 Å². The van der Waals surface area contributed by atoms with Crippen LogP contribution in [0.1, 0.15) is 40.0 Å². The maximum Gasteiger partial charge on any atom is 0.407 e. The zero-order valence-electron chi connectivity index (χ0n) is 12.2. The molecule has 0 radical (unpaired) electrons. The molecule has 3 atom stereocenters. The van der Waals surface area contributed by atoms with Crippen molar-refractivity contribution in [1.82, 2.24) is 10.6 Å². The van der Waals surface area contributed by atoms with E-state index in [9.17, 15) is 9.59 Å². The molecular formula is C14H24N2O3. The zero-order valence-corrected chi connectivity index (χ0v) is 12.2. The lowest BCUT2D eigenvalue weighted by molar-refractivity contribution is -0.121. The summed E-state index contributed by atoms with van der Waals surface area (Å²) in [7, 11) is 1.28. The van der Waals surface area contributed by atoms with E-state index in [2.05, 4.69) is 36.1 Å². The molecule has 0 saturated heterocycles. The number of amides is 2. The molecule has 0 unspecified atom stereocenters. The molecule has 0 aromatic heterocycles. The van der Waals surface area contributed by atoms with Crippen LogP contribution in [0.25, 0.3) is 0 Å². The molecule has 2 N–H and O–H groups in total. The largest absolute Gasteiger partial charge is 0.453 e. The average Bonchev–Trinajstić information content (AvgIpc) is 2.69. The van der Waals surface area contributed by atoms with Crippen molar-refractivity contribution in [3.05, 3.63) is 0 Å². The average molecular weight is 268 g/mol. The highest BCUT2D eigenvalue weighted by Crippen LogP contribution is 2.65. The van der Waals surface area contributed by atoms with Gasteiger partial charge in [0.05, 0.1) is 7.11 Å². The fourth-order valence-corrected chi connectivity index (χ4v) is 3.89. The summed E-state index contributed by atoms with van der Waals surface area (Å²) in [5.41, 5.74) is 0.444. The molecule has 2 aliphatic carbocycles. The molecule has 2 amide bonds. The van der Waals surface area contributed by atoms with Gasteiger partial charge >= 0.3 is 6.09 Å². The number of methoxy groups -OCH3 is 1. The Kier molecular flexibility index (Phi) is 3.49. The summed E-state index contributed by atoms with van der Waals surface area (Å²) in [5.74, 6) is 0.552. The second kappa shape index (κ2) is 4.69. The van der Waals surface area contributed by atoms with Crippen molar-refractivity contribution in [1.29, 1.82) is 0 Å². The number of alkyl carbamates (subject to hydrolysis) is 1. The maximum absolute atomic E-state index is 11.9. The molecule has 5 nitrogen and oxygen atoms in total. The van der Waals surface area contributed by atoms with E-state index in [1.165, 1.54) is 20.0 Å². The number of nitrogens with one attached hydrogen (secondary N) is 2. The molecule has 0 aromatic rings. The van der Waals surface area contributed by atoms with Crippen LogP contribution in [0.5, 0.6) is 0 Å². The molecule has 0 heterocycles. The third kappa shape index (κ3) is 2.19. The highest BCUT2D eigenvalue weighted by atomic mass is 16.5. The number of carbonyl (C=O) groups excluding carboxylic acids is 2. The molecule has 2 saturated carbocycles. The van der Waals surface area contributed by atoms with Gasteiger partial charge in [0, 0.05) is 6.04 Å². The Morgan fingerprint density at radius 2 is 2.00 bits per heavy atom. The van der Waals surface area contributed by atoms with Crippen LogP contribution in [0.4, 0.5) is 4.79 Å². The second-order valence-electron chi connectivity index (χ2n) is 6.58. The summed E-state index contributed by atoms with van der Waals surface area (Å²) >= 11 is 0. The van der Waals surface area contributed by atoms with Gasteiger partial charge in [0.1, 0.15) is 6.54 Å². The molecule has 0 aliphatic heterocycles. The third-order valence-electron chi connectivity index (χ3n) is 5.71. The van der Waals surface area contributed by atoms with Gasteiger partial charge in [-0.3, -0.25) is 4.79 Å². The van der Waals surface area contributed by atoms with Crippen LogP contribution in [0.3, 0.4) is 0 Å². The quantitative estimate of drug-likeness (QED) is 0.818. The van der Waals surface area contributed by atoms with Gasteiger partial charge < -0.3 is 15.4 Å². The first kappa shape index (κ1) is 14.2. The van der Waals surface area contributed by atoms with Crippen LogP contribution in [0.2, 0.25) is 0 Å². The number of fused-ring (bicyclic) bond motifs is 2. The topological polar surface area (TPSA) is 67.4 Å². The molecule has 108 valence electrons. The third-order valence-corrected chi connectivity index (χ3v) is 5.71. The van der Waals surface area contributed by atoms with Gasteiger partial charge in [-0.1, -0.05) is 20.8 Å². The van der Waals surface area contributed by atoms with E-state index >= 15 is 0 Å². The number of rotatable bonds is 3. The molecule has 2 bridgehead atoms. The lowest BCUT2D eigenvalue weighted by atomic mass is 9.69. The summed E-state index contributed by atoms with van der Waals surface area (Å²) in [4.78, 5) is 22.8. The summed E-state index contributed by atoms with van der Waals surface area (Å²) in [6.45, 7) is 6.87. The number of hydrogen-bond donors (Lipinski definition) is 2. The normalized spacial score (nSPS) is 34.9. The fraction of sp³-hybridized carbons (Fsp3) is 0.857. The Morgan fingerprint density at radius 3 is 2.47 bits per heavy atom. The van der Waals surface area contributed by atoms with E-state index in [0.29, 0.717) is 5.92 Å². The lowest BCUT2D eigenvalue weighted by Gasteiger charge is -2.39. The Balaban J connectivity index is 1.91. The SMILES string of the molecule is COC(=O)NCC(=O)N[C@H]1C[C@H]2CC[C@@]1(C)C2(C)C. The van der Waals surface area contributed by atoms with Crippen LogP contribution < -0.4 is 10.6 Å². The fourth-order valence-electron chi connectivity index (χ4n) is 3.89. The summed E-state index contributed by atoms with van der Waals surface area (Å²) in [5, 5.41) is 5.49. The predicted octanol–water partition coefficient (Wildman–Crippen LogP) is 1.67. The minimum atomic E-state index is -0.574. The van der Waals surface area contributed by atoms with E-state index in [1.807, 2.05) is 0 Å². The number of ether oxygens (including phenoxy) is 1. The van der Waals surface area contributed by atoms with Crippen LogP contribution in [-0.2, 0) is 9.53 Å². The number of carbonyl (C=O) groups is 2. The van der Waals surface area contributed by atoms with Gasteiger partial charge in [0.25, 0.3) is 0 Å². The minimum absolute atomic E-state index is 0.0235.